The zero-order chi connectivity index (χ0) is 16.5. The average Bonchev–Trinajstić information content (AvgIpc) is 2.39. The number of nitrogens with zero attached hydrogens (tertiary/aromatic N) is 2. The van der Waals surface area contributed by atoms with Gasteiger partial charge in [0.2, 0.25) is 10.0 Å². The Morgan fingerprint density at radius 1 is 1.14 bits per heavy atom. The zero-order valence-corrected chi connectivity index (χ0v) is 15.1. The van der Waals surface area contributed by atoms with E-state index in [1.165, 1.54) is 4.31 Å². The molecule has 0 aliphatic heterocycles. The van der Waals surface area contributed by atoms with Gasteiger partial charge in [0.1, 0.15) is 0 Å². The Labute approximate surface area is 130 Å². The second-order valence-corrected chi connectivity index (χ2v) is 7.43. The first-order chi connectivity index (χ1) is 9.78. The van der Waals surface area contributed by atoms with Crippen LogP contribution in [-0.4, -0.2) is 56.7 Å². The van der Waals surface area contributed by atoms with Crippen LogP contribution in [0.2, 0.25) is 0 Å². The molecule has 6 nitrogen and oxygen atoms in total. The van der Waals surface area contributed by atoms with Crippen LogP contribution in [0.4, 0.5) is 0 Å². The predicted octanol–water partition coefficient (Wildman–Crippen LogP) is 1.26. The van der Waals surface area contributed by atoms with Gasteiger partial charge in [-0.15, -0.1) is 0 Å². The van der Waals surface area contributed by atoms with Crippen LogP contribution in [-0.2, 0) is 10.0 Å². The van der Waals surface area contributed by atoms with Gasteiger partial charge < -0.3 is 10.6 Å². The second-order valence-electron chi connectivity index (χ2n) is 5.34. The van der Waals surface area contributed by atoms with Gasteiger partial charge in [-0.2, -0.15) is 0 Å². The summed E-state index contributed by atoms with van der Waals surface area (Å²) in [7, 11) is -3.21. The van der Waals surface area contributed by atoms with Gasteiger partial charge in [0, 0.05) is 25.7 Å². The molecule has 0 spiro atoms. The van der Waals surface area contributed by atoms with Crippen LogP contribution < -0.4 is 10.6 Å². The molecule has 1 atom stereocenters. The number of rotatable bonds is 9. The van der Waals surface area contributed by atoms with E-state index in [0.717, 1.165) is 6.54 Å². The van der Waals surface area contributed by atoms with E-state index in [4.69, 9.17) is 0 Å². The molecule has 0 aromatic rings. The third-order valence-corrected chi connectivity index (χ3v) is 5.43. The molecule has 0 amide bonds. The average molecular weight is 321 g/mol. The molecule has 0 aliphatic rings. The van der Waals surface area contributed by atoms with E-state index in [1.807, 2.05) is 20.8 Å². The van der Waals surface area contributed by atoms with Crippen molar-refractivity contribution in [3.63, 3.8) is 0 Å². The van der Waals surface area contributed by atoms with Crippen molar-refractivity contribution in [3.05, 3.63) is 0 Å². The van der Waals surface area contributed by atoms with Gasteiger partial charge in [-0.3, -0.25) is 4.99 Å². The van der Waals surface area contributed by atoms with E-state index < -0.39 is 10.0 Å². The molecule has 0 saturated carbocycles. The fraction of sp³-hybridized carbons (Fsp3) is 0.929. The Hall–Kier alpha value is -0.820. The number of guanidine groups is 1. The summed E-state index contributed by atoms with van der Waals surface area (Å²) in [6.07, 6.45) is 0. The van der Waals surface area contributed by atoms with Crippen LogP contribution in [0.15, 0.2) is 4.99 Å². The Kier molecular flexibility index (Phi) is 9.61. The molecule has 0 aromatic carbocycles. The number of hydrogen-bond acceptors (Lipinski definition) is 3. The van der Waals surface area contributed by atoms with Crippen molar-refractivity contribution in [2.45, 2.75) is 47.6 Å². The van der Waals surface area contributed by atoms with Crippen molar-refractivity contribution < 1.29 is 8.42 Å². The molecule has 126 valence electrons. The van der Waals surface area contributed by atoms with Crippen LogP contribution >= 0.6 is 0 Å². The lowest BCUT2D eigenvalue weighted by molar-refractivity contribution is 0.445. The summed E-state index contributed by atoms with van der Waals surface area (Å²) in [5, 5.41) is 6.43. The highest BCUT2D eigenvalue weighted by molar-refractivity contribution is 7.89. The molecule has 0 aliphatic carbocycles. The number of sulfonamides is 1. The lowest BCUT2D eigenvalue weighted by Gasteiger charge is -2.21. The molecule has 0 rings (SSSR count). The van der Waals surface area contributed by atoms with Crippen molar-refractivity contribution in [1.29, 1.82) is 0 Å². The Morgan fingerprint density at radius 3 is 2.14 bits per heavy atom. The SMILES string of the molecule is CCNC(=NCCS(=O)(=O)N(CC)CC)NC(C)C(C)C. The van der Waals surface area contributed by atoms with E-state index >= 15 is 0 Å². The first-order valence-corrected chi connectivity index (χ1v) is 9.41. The van der Waals surface area contributed by atoms with Crippen molar-refractivity contribution in [2.75, 3.05) is 31.9 Å². The molecular weight excluding hydrogens is 288 g/mol. The zero-order valence-electron chi connectivity index (χ0n) is 14.3. The smallest absolute Gasteiger partial charge is 0.215 e. The third kappa shape index (κ3) is 7.66. The van der Waals surface area contributed by atoms with Crippen molar-refractivity contribution in [3.8, 4) is 0 Å². The first kappa shape index (κ1) is 20.2. The van der Waals surface area contributed by atoms with E-state index in [0.29, 0.717) is 25.0 Å². The van der Waals surface area contributed by atoms with Gasteiger partial charge in [-0.25, -0.2) is 12.7 Å². The maximum atomic E-state index is 12.1. The van der Waals surface area contributed by atoms with Gasteiger partial charge >= 0.3 is 0 Å². The van der Waals surface area contributed by atoms with Crippen molar-refractivity contribution in [1.82, 2.24) is 14.9 Å². The maximum absolute atomic E-state index is 12.1. The van der Waals surface area contributed by atoms with Crippen LogP contribution in [0.25, 0.3) is 0 Å². The second kappa shape index (κ2) is 10.00. The summed E-state index contributed by atoms with van der Waals surface area (Å²) in [6.45, 7) is 14.1. The van der Waals surface area contributed by atoms with Crippen LogP contribution in [0.3, 0.4) is 0 Å². The highest BCUT2D eigenvalue weighted by Crippen LogP contribution is 2.01. The monoisotopic (exact) mass is 320 g/mol. The highest BCUT2D eigenvalue weighted by Gasteiger charge is 2.18. The summed E-state index contributed by atoms with van der Waals surface area (Å²) in [4.78, 5) is 4.36. The molecule has 7 heteroatoms. The topological polar surface area (TPSA) is 73.8 Å². The van der Waals surface area contributed by atoms with Crippen molar-refractivity contribution >= 4 is 16.0 Å². The van der Waals surface area contributed by atoms with E-state index in [2.05, 4.69) is 36.4 Å². The van der Waals surface area contributed by atoms with Crippen LogP contribution in [0.5, 0.6) is 0 Å². The molecule has 0 fully saturated rings. The van der Waals surface area contributed by atoms with E-state index in [-0.39, 0.29) is 18.3 Å². The molecule has 2 N–H and O–H groups in total. The normalized spacial score (nSPS) is 14.6. The molecule has 1 unspecified atom stereocenters. The maximum Gasteiger partial charge on any atom is 0.215 e. The minimum absolute atomic E-state index is 0.0430. The Morgan fingerprint density at radius 2 is 1.71 bits per heavy atom. The van der Waals surface area contributed by atoms with E-state index in [1.54, 1.807) is 0 Å². The molecular formula is C14H32N4O2S. The van der Waals surface area contributed by atoms with E-state index in [9.17, 15) is 8.42 Å². The Balaban J connectivity index is 4.64. The lowest BCUT2D eigenvalue weighted by Crippen LogP contribution is -2.44. The minimum atomic E-state index is -3.21. The first-order valence-electron chi connectivity index (χ1n) is 7.81. The summed E-state index contributed by atoms with van der Waals surface area (Å²) in [5.41, 5.74) is 0. The number of hydrogen-bond donors (Lipinski definition) is 2. The van der Waals surface area contributed by atoms with Gasteiger partial charge in [0.15, 0.2) is 5.96 Å². The molecule has 0 bridgehead atoms. The fourth-order valence-corrected chi connectivity index (χ4v) is 3.09. The van der Waals surface area contributed by atoms with Gasteiger partial charge in [0.25, 0.3) is 0 Å². The Bertz CT molecular complexity index is 403. The van der Waals surface area contributed by atoms with Gasteiger partial charge in [-0.1, -0.05) is 27.7 Å². The number of nitrogens with one attached hydrogen (secondary N) is 2. The lowest BCUT2D eigenvalue weighted by atomic mass is 10.1. The largest absolute Gasteiger partial charge is 0.357 e. The molecule has 21 heavy (non-hydrogen) atoms. The minimum Gasteiger partial charge on any atom is -0.357 e. The van der Waals surface area contributed by atoms with Crippen molar-refractivity contribution in [2.24, 2.45) is 10.9 Å². The standard InChI is InChI=1S/C14H32N4O2S/c1-7-15-14(17-13(6)12(4)5)16-10-11-21(19,20)18(8-2)9-3/h12-13H,7-11H2,1-6H3,(H2,15,16,17). The molecule has 0 saturated heterocycles. The van der Waals surface area contributed by atoms with Crippen LogP contribution in [0, 0.1) is 5.92 Å². The third-order valence-electron chi connectivity index (χ3n) is 3.43. The summed E-state index contributed by atoms with van der Waals surface area (Å²) in [6, 6.07) is 0.280. The highest BCUT2D eigenvalue weighted by atomic mass is 32.2. The molecule has 0 radical (unpaired) electrons. The summed E-state index contributed by atoms with van der Waals surface area (Å²) < 4.78 is 25.6. The van der Waals surface area contributed by atoms with Gasteiger partial charge in [0.05, 0.1) is 12.3 Å². The molecule has 0 aromatic heterocycles. The number of aliphatic imine (C=N–C) groups is 1. The quantitative estimate of drug-likeness (QED) is 0.495. The fourth-order valence-electron chi connectivity index (χ4n) is 1.72. The summed E-state index contributed by atoms with van der Waals surface area (Å²) in [5.74, 6) is 1.20. The van der Waals surface area contributed by atoms with Crippen LogP contribution in [0.1, 0.15) is 41.5 Å². The van der Waals surface area contributed by atoms with Gasteiger partial charge in [-0.05, 0) is 19.8 Å². The molecule has 0 heterocycles. The summed E-state index contributed by atoms with van der Waals surface area (Å²) >= 11 is 0. The predicted molar refractivity (Wildman–Crippen MR) is 90.1 cm³/mol.